The first-order valence-electron chi connectivity index (χ1n) is 7.01. The molecule has 0 spiro atoms. The number of anilines is 1. The molecular weight excluding hydrogens is 248 g/mol. The summed E-state index contributed by atoms with van der Waals surface area (Å²) in [7, 11) is 8.25. The molecule has 1 heterocycles. The van der Waals surface area contributed by atoms with E-state index in [9.17, 15) is 0 Å². The third-order valence-corrected chi connectivity index (χ3v) is 3.38. The summed E-state index contributed by atoms with van der Waals surface area (Å²) in [6.45, 7) is 2.77. The van der Waals surface area contributed by atoms with Gasteiger partial charge in [-0.2, -0.15) is 0 Å². The fourth-order valence-electron chi connectivity index (χ4n) is 2.25. The van der Waals surface area contributed by atoms with E-state index in [-0.39, 0.29) is 0 Å². The monoisotopic (exact) mass is 272 g/mol. The van der Waals surface area contributed by atoms with Crippen LogP contribution in [0.3, 0.4) is 0 Å². The Morgan fingerprint density at radius 1 is 1.10 bits per heavy atom. The molecule has 1 aromatic carbocycles. The van der Waals surface area contributed by atoms with Gasteiger partial charge in [-0.15, -0.1) is 0 Å². The summed E-state index contributed by atoms with van der Waals surface area (Å²) in [4.78, 5) is 9.24. The zero-order valence-corrected chi connectivity index (χ0v) is 12.8. The molecule has 2 rings (SSSR count). The van der Waals surface area contributed by atoms with Gasteiger partial charge in [0.1, 0.15) is 5.82 Å². The van der Waals surface area contributed by atoms with Gasteiger partial charge in [0.2, 0.25) is 0 Å². The number of hydrogen-bond acceptors (Lipinski definition) is 4. The van der Waals surface area contributed by atoms with Crippen molar-refractivity contribution in [2.75, 3.05) is 46.2 Å². The lowest BCUT2D eigenvalue weighted by Gasteiger charge is -2.22. The maximum atomic E-state index is 4.81. The summed E-state index contributed by atoms with van der Waals surface area (Å²) in [5.74, 6) is 1.07. The highest BCUT2D eigenvalue weighted by molar-refractivity contribution is 5.92. The van der Waals surface area contributed by atoms with E-state index in [1.807, 2.05) is 7.05 Å². The molecule has 0 unspecified atom stereocenters. The Hall–Kier alpha value is -1.65. The number of hydrogen-bond donors (Lipinski definition) is 1. The largest absolute Gasteiger partial charge is 0.358 e. The first-order valence-corrected chi connectivity index (χ1v) is 7.01. The smallest absolute Gasteiger partial charge is 0.136 e. The van der Waals surface area contributed by atoms with Crippen molar-refractivity contribution in [3.05, 3.63) is 36.0 Å². The fraction of sp³-hybridized carbons (Fsp3) is 0.438. The van der Waals surface area contributed by atoms with Crippen molar-refractivity contribution in [3.8, 4) is 0 Å². The molecule has 1 aromatic heterocycles. The van der Waals surface area contributed by atoms with Crippen molar-refractivity contribution in [2.45, 2.75) is 6.54 Å². The highest BCUT2D eigenvalue weighted by atomic mass is 15.2. The summed E-state index contributed by atoms with van der Waals surface area (Å²) < 4.78 is 0. The first kappa shape index (κ1) is 14.8. The Morgan fingerprint density at radius 2 is 1.85 bits per heavy atom. The topological polar surface area (TPSA) is 31.4 Å². The van der Waals surface area contributed by atoms with E-state index in [1.54, 1.807) is 0 Å². The van der Waals surface area contributed by atoms with E-state index in [1.165, 1.54) is 10.8 Å². The maximum Gasteiger partial charge on any atom is 0.136 e. The van der Waals surface area contributed by atoms with Crippen LogP contribution in [0.15, 0.2) is 30.3 Å². The molecule has 0 aliphatic carbocycles. The molecule has 4 nitrogen and oxygen atoms in total. The Bertz CT molecular complexity index is 565. The number of pyridine rings is 1. The van der Waals surface area contributed by atoms with Crippen LogP contribution < -0.4 is 10.2 Å². The molecule has 0 aliphatic heterocycles. The molecule has 108 valence electrons. The van der Waals surface area contributed by atoms with Crippen molar-refractivity contribution >= 4 is 16.6 Å². The molecular formula is C16H24N4. The lowest BCUT2D eigenvalue weighted by Crippen LogP contribution is -2.29. The number of likely N-dealkylation sites (N-methyl/N-ethyl adjacent to an activating group) is 2. The third-order valence-electron chi connectivity index (χ3n) is 3.38. The molecule has 0 bridgehead atoms. The van der Waals surface area contributed by atoms with Gasteiger partial charge in [-0.05, 0) is 32.6 Å². The van der Waals surface area contributed by atoms with Gasteiger partial charge in [-0.25, -0.2) is 4.98 Å². The molecule has 20 heavy (non-hydrogen) atoms. The van der Waals surface area contributed by atoms with E-state index < -0.39 is 0 Å². The molecule has 1 N–H and O–H groups in total. The first-order chi connectivity index (χ1) is 9.61. The normalized spacial score (nSPS) is 11.2. The summed E-state index contributed by atoms with van der Waals surface area (Å²) in [6, 6.07) is 10.6. The van der Waals surface area contributed by atoms with Crippen molar-refractivity contribution in [1.82, 2.24) is 15.2 Å². The van der Waals surface area contributed by atoms with Gasteiger partial charge in [-0.3, -0.25) is 0 Å². The second kappa shape index (κ2) is 6.68. The van der Waals surface area contributed by atoms with Crippen LogP contribution in [0.25, 0.3) is 10.8 Å². The average molecular weight is 272 g/mol. The van der Waals surface area contributed by atoms with Crippen LogP contribution in [0.2, 0.25) is 0 Å². The Balaban J connectivity index is 2.38. The average Bonchev–Trinajstić information content (AvgIpc) is 2.44. The summed E-state index contributed by atoms with van der Waals surface area (Å²) in [5.41, 5.74) is 1.08. The minimum atomic E-state index is 0.791. The van der Waals surface area contributed by atoms with Crippen LogP contribution in [-0.4, -0.2) is 51.2 Å². The highest BCUT2D eigenvalue weighted by Crippen LogP contribution is 2.25. The predicted molar refractivity (Wildman–Crippen MR) is 86.3 cm³/mol. The molecule has 4 heteroatoms. The Kier molecular flexibility index (Phi) is 4.93. The minimum absolute atomic E-state index is 0.791. The number of benzene rings is 1. The van der Waals surface area contributed by atoms with Gasteiger partial charge < -0.3 is 15.1 Å². The van der Waals surface area contributed by atoms with Gasteiger partial charge in [-0.1, -0.05) is 24.3 Å². The third kappa shape index (κ3) is 3.46. The van der Waals surface area contributed by atoms with Crippen LogP contribution in [0, 0.1) is 0 Å². The zero-order valence-electron chi connectivity index (χ0n) is 12.8. The van der Waals surface area contributed by atoms with E-state index in [0.717, 1.165) is 31.1 Å². The Labute approximate surface area is 121 Å². The lowest BCUT2D eigenvalue weighted by molar-refractivity contribution is 0.416. The van der Waals surface area contributed by atoms with Crippen LogP contribution in [0.5, 0.6) is 0 Å². The van der Waals surface area contributed by atoms with Gasteiger partial charge in [0.05, 0.1) is 5.69 Å². The van der Waals surface area contributed by atoms with Crippen molar-refractivity contribution < 1.29 is 0 Å². The summed E-state index contributed by atoms with van der Waals surface area (Å²) >= 11 is 0. The van der Waals surface area contributed by atoms with Crippen LogP contribution in [0.4, 0.5) is 5.82 Å². The second-order valence-corrected chi connectivity index (χ2v) is 5.41. The quantitative estimate of drug-likeness (QED) is 0.871. The number of aromatic nitrogens is 1. The van der Waals surface area contributed by atoms with Gasteiger partial charge in [0, 0.05) is 32.1 Å². The number of rotatable bonds is 6. The van der Waals surface area contributed by atoms with Crippen molar-refractivity contribution in [3.63, 3.8) is 0 Å². The Morgan fingerprint density at radius 3 is 2.55 bits per heavy atom. The van der Waals surface area contributed by atoms with Gasteiger partial charge >= 0.3 is 0 Å². The van der Waals surface area contributed by atoms with E-state index in [0.29, 0.717) is 0 Å². The second-order valence-electron chi connectivity index (χ2n) is 5.41. The molecule has 0 fully saturated rings. The molecule has 0 saturated heterocycles. The van der Waals surface area contributed by atoms with Gasteiger partial charge in [0.15, 0.2) is 0 Å². The van der Waals surface area contributed by atoms with Crippen LogP contribution in [-0.2, 0) is 6.54 Å². The molecule has 0 saturated carbocycles. The fourth-order valence-corrected chi connectivity index (χ4v) is 2.25. The maximum absolute atomic E-state index is 4.81. The van der Waals surface area contributed by atoms with Crippen LogP contribution in [0.1, 0.15) is 5.69 Å². The highest BCUT2D eigenvalue weighted by Gasteiger charge is 2.10. The van der Waals surface area contributed by atoms with E-state index in [4.69, 9.17) is 4.98 Å². The number of fused-ring (bicyclic) bond motifs is 1. The molecule has 0 atom stereocenters. The summed E-state index contributed by atoms with van der Waals surface area (Å²) in [6.07, 6.45) is 0. The van der Waals surface area contributed by atoms with E-state index >= 15 is 0 Å². The molecule has 2 aromatic rings. The van der Waals surface area contributed by atoms with Gasteiger partial charge in [0.25, 0.3) is 0 Å². The van der Waals surface area contributed by atoms with E-state index in [2.05, 4.69) is 66.6 Å². The minimum Gasteiger partial charge on any atom is -0.358 e. The van der Waals surface area contributed by atoms with Crippen molar-refractivity contribution in [1.29, 1.82) is 0 Å². The molecule has 0 amide bonds. The van der Waals surface area contributed by atoms with Crippen molar-refractivity contribution in [2.24, 2.45) is 0 Å². The standard InChI is InChI=1S/C16H24N4/c1-17-12-14-11-13-7-5-6-8-15(13)16(18-14)20(4)10-9-19(2)3/h5-8,11,17H,9-10,12H2,1-4H3. The van der Waals surface area contributed by atoms with Crippen LogP contribution >= 0.6 is 0 Å². The SMILES string of the molecule is CNCc1cc2ccccc2c(N(C)CCN(C)C)n1. The lowest BCUT2D eigenvalue weighted by atomic mass is 10.1. The molecule has 0 aliphatic rings. The zero-order chi connectivity index (χ0) is 14.5. The predicted octanol–water partition coefficient (Wildman–Crippen LogP) is 1.95. The molecule has 0 radical (unpaired) electrons. The number of nitrogens with one attached hydrogen (secondary N) is 1. The summed E-state index contributed by atoms with van der Waals surface area (Å²) in [5, 5.41) is 5.64. The number of nitrogens with zero attached hydrogens (tertiary/aromatic N) is 3.